The van der Waals surface area contributed by atoms with Crippen LogP contribution in [-0.4, -0.2) is 70.0 Å². The lowest BCUT2D eigenvalue weighted by molar-refractivity contribution is -0.145. The number of fused-ring (bicyclic) bond motifs is 1. The maximum atomic E-state index is 12.9. The van der Waals surface area contributed by atoms with Crippen LogP contribution in [0.4, 0.5) is 4.79 Å². The molecule has 36 heavy (non-hydrogen) atoms. The number of nitrogens with one attached hydrogen (secondary N) is 1. The number of nitrogens with zero attached hydrogens (tertiary/aromatic N) is 2. The third-order valence-corrected chi connectivity index (χ3v) is 7.64. The van der Waals surface area contributed by atoms with Crippen LogP contribution in [0.25, 0.3) is 0 Å². The molecule has 4 rings (SSSR count). The number of hydrogen-bond donors (Lipinski definition) is 1. The molecule has 0 bridgehead atoms. The molecule has 2 atom stereocenters. The molecule has 2 aliphatic rings. The van der Waals surface area contributed by atoms with Crippen LogP contribution < -0.4 is 5.32 Å². The van der Waals surface area contributed by atoms with E-state index >= 15 is 0 Å². The number of thiocarbonyl (C=S) groups is 2. The smallest absolute Gasteiger partial charge is 0.408 e. The van der Waals surface area contributed by atoms with Gasteiger partial charge in [0.25, 0.3) is 5.91 Å². The molecule has 0 saturated carbocycles. The van der Waals surface area contributed by atoms with Crippen molar-refractivity contribution in [2.24, 2.45) is 5.92 Å². The summed E-state index contributed by atoms with van der Waals surface area (Å²) in [5.74, 6) is -1.38. The Labute approximate surface area is 220 Å². The number of esters is 1. The molecule has 10 heteroatoms. The largest absolute Gasteiger partial charge is 0.469 e. The number of likely N-dealkylation sites (tertiary alicyclic amines) is 1. The van der Waals surface area contributed by atoms with Crippen molar-refractivity contribution in [2.45, 2.75) is 25.5 Å². The Kier molecular flexibility index (Phi) is 7.65. The van der Waals surface area contributed by atoms with Gasteiger partial charge in [-0.05, 0) is 25.0 Å². The Morgan fingerprint density at radius 2 is 1.72 bits per heavy atom. The zero-order valence-corrected chi connectivity index (χ0v) is 21.7. The van der Waals surface area contributed by atoms with Crippen molar-refractivity contribution in [3.63, 3.8) is 0 Å². The van der Waals surface area contributed by atoms with Crippen LogP contribution in [0, 0.1) is 5.92 Å². The molecule has 0 radical (unpaired) electrons. The Bertz CT molecular complexity index is 1170. The summed E-state index contributed by atoms with van der Waals surface area (Å²) in [5.41, 5.74) is 1.28. The first-order chi connectivity index (χ1) is 17.2. The van der Waals surface area contributed by atoms with Crippen molar-refractivity contribution in [3.05, 3.63) is 71.3 Å². The number of carbonyl (C=O) groups excluding carboxylic acids is 3. The Balaban J connectivity index is 1.39. The molecule has 2 aromatic carbocycles. The minimum Gasteiger partial charge on any atom is -0.469 e. The molecule has 8 nitrogen and oxygen atoms in total. The number of rotatable bonds is 8. The normalized spacial score (nSPS) is 19.8. The van der Waals surface area contributed by atoms with Gasteiger partial charge in [-0.3, -0.25) is 14.5 Å². The quantitative estimate of drug-likeness (QED) is 0.415. The van der Waals surface area contributed by atoms with Gasteiger partial charge in [0.1, 0.15) is 16.6 Å². The molecule has 2 aliphatic heterocycles. The summed E-state index contributed by atoms with van der Waals surface area (Å²) in [7, 11) is 1.31. The number of methoxy groups -OCH3 is 1. The minimum atomic E-state index is -0.807. The number of alkyl carbamates (subject to hydrolysis) is 1. The number of hydrogen-bond acceptors (Lipinski definition) is 7. The zero-order valence-electron chi connectivity index (χ0n) is 20.1. The van der Waals surface area contributed by atoms with E-state index in [0.29, 0.717) is 34.1 Å². The fourth-order valence-electron chi connectivity index (χ4n) is 4.46. The molecule has 1 N–H and O–H groups in total. The van der Waals surface area contributed by atoms with Crippen LogP contribution >= 0.6 is 24.4 Å². The van der Waals surface area contributed by atoms with Crippen LogP contribution in [0.3, 0.4) is 0 Å². The van der Waals surface area contributed by atoms with Crippen LogP contribution in [0.2, 0.25) is 0 Å². The van der Waals surface area contributed by atoms with Gasteiger partial charge in [-0.25, -0.2) is 4.79 Å². The van der Waals surface area contributed by atoms with Gasteiger partial charge in [-0.15, -0.1) is 0 Å². The van der Waals surface area contributed by atoms with Crippen LogP contribution in [0.1, 0.15) is 34.8 Å². The predicted molar refractivity (Wildman–Crippen MR) is 142 cm³/mol. The summed E-state index contributed by atoms with van der Waals surface area (Å²) < 4.78 is 10.4. The van der Waals surface area contributed by atoms with E-state index in [1.807, 2.05) is 48.2 Å². The summed E-state index contributed by atoms with van der Waals surface area (Å²) in [5, 5.41) is 2.88. The minimum absolute atomic E-state index is 0.0708. The SMILES string of the molecule is COC(=O)C(CN1CC[C@@](C)(NC(=O)OCc2ccccc2)C1=S)CN1C(=O)c2ccccc2C1=S. The molecule has 0 aliphatic carbocycles. The molecular formula is C26H27N3O5S2. The molecule has 2 amide bonds. The van der Waals surface area contributed by atoms with Gasteiger partial charge in [0.2, 0.25) is 0 Å². The van der Waals surface area contributed by atoms with Crippen molar-refractivity contribution in [1.82, 2.24) is 15.1 Å². The van der Waals surface area contributed by atoms with Crippen LogP contribution in [0.15, 0.2) is 54.6 Å². The molecule has 0 spiro atoms. The molecule has 2 aromatic rings. The van der Waals surface area contributed by atoms with E-state index < -0.39 is 23.5 Å². The van der Waals surface area contributed by atoms with Gasteiger partial charge in [-0.1, -0.05) is 73.0 Å². The van der Waals surface area contributed by atoms with E-state index in [0.717, 1.165) is 5.56 Å². The Morgan fingerprint density at radius 3 is 2.39 bits per heavy atom. The maximum Gasteiger partial charge on any atom is 0.408 e. The topological polar surface area (TPSA) is 88.2 Å². The second-order valence-electron chi connectivity index (χ2n) is 9.01. The lowest BCUT2D eigenvalue weighted by Crippen LogP contribution is -2.52. The zero-order chi connectivity index (χ0) is 25.9. The fraction of sp³-hybridized carbons (Fsp3) is 0.346. The highest BCUT2D eigenvalue weighted by atomic mass is 32.1. The van der Waals surface area contributed by atoms with Crippen LogP contribution in [0.5, 0.6) is 0 Å². The van der Waals surface area contributed by atoms with E-state index in [-0.39, 0.29) is 25.6 Å². The summed E-state index contributed by atoms with van der Waals surface area (Å²) in [4.78, 5) is 42.3. The Morgan fingerprint density at radius 1 is 1.06 bits per heavy atom. The van der Waals surface area contributed by atoms with Crippen LogP contribution in [-0.2, 0) is 20.9 Å². The average Bonchev–Trinajstić information content (AvgIpc) is 3.30. The molecule has 1 unspecified atom stereocenters. The maximum absolute atomic E-state index is 12.9. The molecule has 0 aromatic heterocycles. The highest BCUT2D eigenvalue weighted by Crippen LogP contribution is 2.28. The lowest BCUT2D eigenvalue weighted by Gasteiger charge is -2.30. The van der Waals surface area contributed by atoms with Gasteiger partial charge >= 0.3 is 12.1 Å². The summed E-state index contributed by atoms with van der Waals surface area (Å²) >= 11 is 11.2. The van der Waals surface area contributed by atoms with E-state index in [1.54, 1.807) is 18.2 Å². The van der Waals surface area contributed by atoms with Gasteiger partial charge in [0.15, 0.2) is 0 Å². The monoisotopic (exact) mass is 525 g/mol. The van der Waals surface area contributed by atoms with E-state index in [4.69, 9.17) is 33.9 Å². The second kappa shape index (κ2) is 10.7. The molecule has 188 valence electrons. The highest BCUT2D eigenvalue weighted by molar-refractivity contribution is 7.81. The first kappa shape index (κ1) is 25.7. The molecule has 1 fully saturated rings. The third-order valence-electron chi connectivity index (χ3n) is 6.49. The van der Waals surface area contributed by atoms with Crippen molar-refractivity contribution in [1.29, 1.82) is 0 Å². The van der Waals surface area contributed by atoms with Gasteiger partial charge in [0.05, 0.1) is 24.1 Å². The highest BCUT2D eigenvalue weighted by Gasteiger charge is 2.43. The van der Waals surface area contributed by atoms with E-state index in [2.05, 4.69) is 5.32 Å². The third kappa shape index (κ3) is 5.24. The van der Waals surface area contributed by atoms with Crippen molar-refractivity contribution in [2.75, 3.05) is 26.7 Å². The van der Waals surface area contributed by atoms with Crippen molar-refractivity contribution >= 4 is 52.4 Å². The predicted octanol–water partition coefficient (Wildman–Crippen LogP) is 3.33. The van der Waals surface area contributed by atoms with Gasteiger partial charge < -0.3 is 19.7 Å². The summed E-state index contributed by atoms with van der Waals surface area (Å²) in [6, 6.07) is 16.5. The molecule has 2 heterocycles. The first-order valence-electron chi connectivity index (χ1n) is 11.5. The number of amides is 2. The molecular weight excluding hydrogens is 498 g/mol. The molecule has 1 saturated heterocycles. The van der Waals surface area contributed by atoms with Crippen molar-refractivity contribution in [3.8, 4) is 0 Å². The van der Waals surface area contributed by atoms with Gasteiger partial charge in [0, 0.05) is 25.2 Å². The lowest BCUT2D eigenvalue weighted by atomic mass is 10.0. The first-order valence-corrected chi connectivity index (χ1v) is 12.4. The van der Waals surface area contributed by atoms with Crippen molar-refractivity contribution < 1.29 is 23.9 Å². The van der Waals surface area contributed by atoms with E-state index in [9.17, 15) is 14.4 Å². The Hall–Kier alpha value is -3.37. The number of benzene rings is 2. The summed E-state index contributed by atoms with van der Waals surface area (Å²) in [6.45, 7) is 2.81. The number of carbonyl (C=O) groups is 3. The van der Waals surface area contributed by atoms with E-state index in [1.165, 1.54) is 12.0 Å². The second-order valence-corrected chi connectivity index (χ2v) is 9.78. The standard InChI is InChI=1S/C26H27N3O5S2/c1-26(27-25(32)34-16-17-8-4-3-5-9-17)12-13-28(24(26)36)14-18(23(31)33-2)15-29-21(30)19-10-6-7-11-20(19)22(29)35/h3-11,18H,12-16H2,1-2H3,(H,27,32)/t18?,26-/m1/s1. The fourth-order valence-corrected chi connectivity index (χ4v) is 5.11. The number of ether oxygens (including phenoxy) is 2. The summed E-state index contributed by atoms with van der Waals surface area (Å²) in [6.07, 6.45) is -0.0204. The van der Waals surface area contributed by atoms with Gasteiger partial charge in [-0.2, -0.15) is 0 Å². The average molecular weight is 526 g/mol.